The lowest BCUT2D eigenvalue weighted by molar-refractivity contribution is 0.0500. The monoisotopic (exact) mass is 332 g/mol. The van der Waals surface area contributed by atoms with E-state index >= 15 is 0 Å². The van der Waals surface area contributed by atoms with E-state index in [4.69, 9.17) is 4.74 Å². The smallest absolute Gasteiger partial charge is 0.407 e. The lowest BCUT2D eigenvalue weighted by atomic mass is 10.1. The number of rotatable bonds is 5. The molecule has 1 aliphatic heterocycles. The summed E-state index contributed by atoms with van der Waals surface area (Å²) in [5, 5.41) is 2.75. The highest BCUT2D eigenvalue weighted by Gasteiger charge is 2.34. The second-order valence-corrected chi connectivity index (χ2v) is 7.00. The third-order valence-corrected chi connectivity index (χ3v) is 3.66. The highest BCUT2D eigenvalue weighted by atomic mass is 16.6. The molecule has 0 radical (unpaired) electrons. The molecule has 1 N–H and O–H groups in total. The summed E-state index contributed by atoms with van der Waals surface area (Å²) in [6, 6.07) is 6.74. The van der Waals surface area contributed by atoms with E-state index in [-0.39, 0.29) is 17.9 Å². The predicted molar refractivity (Wildman–Crippen MR) is 89.9 cm³/mol. The predicted octanol–water partition coefficient (Wildman–Crippen LogP) is 2.98. The first-order chi connectivity index (χ1) is 11.2. The normalized spacial score (nSPS) is 15.2. The Morgan fingerprint density at radius 2 is 1.71 bits per heavy atom. The van der Waals surface area contributed by atoms with Crippen LogP contribution in [0, 0.1) is 0 Å². The van der Waals surface area contributed by atoms with Crippen molar-refractivity contribution in [2.75, 3.05) is 6.54 Å². The van der Waals surface area contributed by atoms with Gasteiger partial charge in [0, 0.05) is 12.6 Å². The standard InChI is InChI=1S/C18H24N2O4/c1-12(19-17(23)24-18(2,3)4)8-7-11-20-15(21)13-9-5-6-10-14(13)16(20)22/h5-6,9-10,12H,7-8,11H2,1-4H3,(H,19,23). The van der Waals surface area contributed by atoms with E-state index in [9.17, 15) is 14.4 Å². The van der Waals surface area contributed by atoms with Gasteiger partial charge in [-0.2, -0.15) is 0 Å². The van der Waals surface area contributed by atoms with Gasteiger partial charge in [-0.05, 0) is 52.7 Å². The van der Waals surface area contributed by atoms with Gasteiger partial charge in [-0.1, -0.05) is 12.1 Å². The summed E-state index contributed by atoms with van der Waals surface area (Å²) in [4.78, 5) is 37.4. The van der Waals surface area contributed by atoms with Crippen LogP contribution in [-0.2, 0) is 4.74 Å². The minimum Gasteiger partial charge on any atom is -0.444 e. The molecule has 0 saturated carbocycles. The maximum absolute atomic E-state index is 12.2. The first-order valence-electron chi connectivity index (χ1n) is 8.14. The molecule has 0 aliphatic carbocycles. The molecule has 1 aliphatic rings. The summed E-state index contributed by atoms with van der Waals surface area (Å²) >= 11 is 0. The number of benzene rings is 1. The van der Waals surface area contributed by atoms with E-state index in [1.54, 1.807) is 45.0 Å². The number of hydrogen-bond donors (Lipinski definition) is 1. The van der Waals surface area contributed by atoms with Crippen molar-refractivity contribution in [1.82, 2.24) is 10.2 Å². The zero-order valence-electron chi connectivity index (χ0n) is 14.6. The maximum Gasteiger partial charge on any atom is 0.407 e. The van der Waals surface area contributed by atoms with E-state index in [0.29, 0.717) is 30.5 Å². The molecule has 0 saturated heterocycles. The highest BCUT2D eigenvalue weighted by Crippen LogP contribution is 2.22. The third kappa shape index (κ3) is 4.34. The number of nitrogens with one attached hydrogen (secondary N) is 1. The van der Waals surface area contributed by atoms with E-state index < -0.39 is 11.7 Å². The average molecular weight is 332 g/mol. The molecule has 1 heterocycles. The fourth-order valence-electron chi connectivity index (χ4n) is 2.58. The molecule has 0 aromatic heterocycles. The molecule has 0 fully saturated rings. The fraction of sp³-hybridized carbons (Fsp3) is 0.500. The maximum atomic E-state index is 12.2. The van der Waals surface area contributed by atoms with Gasteiger partial charge in [0.2, 0.25) is 0 Å². The van der Waals surface area contributed by atoms with Gasteiger partial charge in [-0.15, -0.1) is 0 Å². The summed E-state index contributed by atoms with van der Waals surface area (Å²) in [7, 11) is 0. The Hall–Kier alpha value is -2.37. The molecular formula is C18H24N2O4. The van der Waals surface area contributed by atoms with Gasteiger partial charge in [0.25, 0.3) is 11.8 Å². The van der Waals surface area contributed by atoms with E-state index in [1.165, 1.54) is 4.90 Å². The molecule has 3 amide bonds. The lowest BCUT2D eigenvalue weighted by Crippen LogP contribution is -2.38. The number of carbonyl (C=O) groups is 3. The van der Waals surface area contributed by atoms with E-state index in [0.717, 1.165) is 0 Å². The molecule has 130 valence electrons. The Bertz CT molecular complexity index is 614. The van der Waals surface area contributed by atoms with Gasteiger partial charge in [0.15, 0.2) is 0 Å². The summed E-state index contributed by atoms with van der Waals surface area (Å²) in [5.74, 6) is -0.494. The van der Waals surface area contributed by atoms with E-state index in [2.05, 4.69) is 5.32 Å². The number of hydrogen-bond acceptors (Lipinski definition) is 4. The number of fused-ring (bicyclic) bond motifs is 1. The van der Waals surface area contributed by atoms with Crippen molar-refractivity contribution < 1.29 is 19.1 Å². The van der Waals surface area contributed by atoms with Crippen molar-refractivity contribution in [3.63, 3.8) is 0 Å². The van der Waals surface area contributed by atoms with Crippen molar-refractivity contribution in [2.24, 2.45) is 0 Å². The second kappa shape index (κ2) is 7.03. The largest absolute Gasteiger partial charge is 0.444 e. The summed E-state index contributed by atoms with van der Waals surface area (Å²) in [5.41, 5.74) is 0.383. The second-order valence-electron chi connectivity index (χ2n) is 7.00. The Labute approximate surface area is 142 Å². The van der Waals surface area contributed by atoms with Gasteiger partial charge < -0.3 is 10.1 Å². The van der Waals surface area contributed by atoms with Crippen LogP contribution in [0.4, 0.5) is 4.79 Å². The minimum absolute atomic E-state index is 0.102. The van der Waals surface area contributed by atoms with Crippen LogP contribution < -0.4 is 5.32 Å². The van der Waals surface area contributed by atoms with Gasteiger partial charge in [-0.25, -0.2) is 4.79 Å². The molecular weight excluding hydrogens is 308 g/mol. The van der Waals surface area contributed by atoms with Crippen LogP contribution in [0.2, 0.25) is 0 Å². The Morgan fingerprint density at radius 1 is 1.17 bits per heavy atom. The SMILES string of the molecule is CC(CCCN1C(=O)c2ccccc2C1=O)NC(=O)OC(C)(C)C. The molecule has 6 heteroatoms. The van der Waals surface area contributed by atoms with Crippen molar-refractivity contribution >= 4 is 17.9 Å². The molecule has 24 heavy (non-hydrogen) atoms. The highest BCUT2D eigenvalue weighted by molar-refractivity contribution is 6.21. The number of amides is 3. The fourth-order valence-corrected chi connectivity index (χ4v) is 2.58. The third-order valence-electron chi connectivity index (χ3n) is 3.66. The molecule has 1 aromatic rings. The zero-order chi connectivity index (χ0) is 17.9. The number of carbonyl (C=O) groups excluding carboxylic acids is 3. The van der Waals surface area contributed by atoms with Crippen LogP contribution in [-0.4, -0.2) is 41.0 Å². The molecule has 2 rings (SSSR count). The first kappa shape index (κ1) is 18.0. The Morgan fingerprint density at radius 3 is 2.21 bits per heavy atom. The molecule has 1 unspecified atom stereocenters. The van der Waals surface area contributed by atoms with Crippen LogP contribution in [0.3, 0.4) is 0 Å². The topological polar surface area (TPSA) is 75.7 Å². The summed E-state index contributed by atoms with van der Waals surface area (Å²) < 4.78 is 5.20. The Balaban J connectivity index is 1.80. The van der Waals surface area contributed by atoms with Crippen LogP contribution >= 0.6 is 0 Å². The van der Waals surface area contributed by atoms with Crippen molar-refractivity contribution in [1.29, 1.82) is 0 Å². The lowest BCUT2D eigenvalue weighted by Gasteiger charge is -2.22. The zero-order valence-corrected chi connectivity index (χ0v) is 14.6. The number of ether oxygens (including phenoxy) is 1. The van der Waals surface area contributed by atoms with Gasteiger partial charge in [0.1, 0.15) is 5.60 Å². The number of imide groups is 1. The summed E-state index contributed by atoms with van der Waals surface area (Å²) in [6.45, 7) is 7.62. The van der Waals surface area contributed by atoms with Crippen molar-refractivity contribution in [3.8, 4) is 0 Å². The molecule has 6 nitrogen and oxygen atoms in total. The molecule has 1 aromatic carbocycles. The van der Waals surface area contributed by atoms with Gasteiger partial charge in [-0.3, -0.25) is 14.5 Å². The van der Waals surface area contributed by atoms with Crippen LogP contribution in [0.25, 0.3) is 0 Å². The molecule has 0 bridgehead atoms. The summed E-state index contributed by atoms with van der Waals surface area (Å²) in [6.07, 6.45) is 0.797. The molecule has 0 spiro atoms. The quantitative estimate of drug-likeness (QED) is 0.841. The van der Waals surface area contributed by atoms with Crippen LogP contribution in [0.1, 0.15) is 61.3 Å². The first-order valence-corrected chi connectivity index (χ1v) is 8.14. The Kier molecular flexibility index (Phi) is 5.26. The number of alkyl carbamates (subject to hydrolysis) is 1. The van der Waals surface area contributed by atoms with Gasteiger partial charge in [0.05, 0.1) is 11.1 Å². The van der Waals surface area contributed by atoms with Crippen LogP contribution in [0.5, 0.6) is 0 Å². The molecule has 1 atom stereocenters. The number of nitrogens with zero attached hydrogens (tertiary/aromatic N) is 1. The van der Waals surface area contributed by atoms with Gasteiger partial charge >= 0.3 is 6.09 Å². The minimum atomic E-state index is -0.538. The average Bonchev–Trinajstić information content (AvgIpc) is 2.70. The van der Waals surface area contributed by atoms with Crippen molar-refractivity contribution in [3.05, 3.63) is 35.4 Å². The van der Waals surface area contributed by atoms with Crippen LogP contribution in [0.15, 0.2) is 24.3 Å². The van der Waals surface area contributed by atoms with E-state index in [1.807, 2.05) is 6.92 Å². The van der Waals surface area contributed by atoms with Crippen molar-refractivity contribution in [2.45, 2.75) is 52.2 Å².